The molecule has 0 aliphatic carbocycles. The highest BCUT2D eigenvalue weighted by Gasteiger charge is 2.06. The molecule has 13 heavy (non-hydrogen) atoms. The summed E-state index contributed by atoms with van der Waals surface area (Å²) < 4.78 is 2.12. The third kappa shape index (κ3) is 1.67. The molecule has 0 amide bonds. The lowest BCUT2D eigenvalue weighted by Gasteiger charge is -1.99. The van der Waals surface area contributed by atoms with Crippen LogP contribution in [0.3, 0.4) is 0 Å². The summed E-state index contributed by atoms with van der Waals surface area (Å²) >= 11 is 8.05. The first-order valence-electron chi connectivity index (χ1n) is 3.66. The highest BCUT2D eigenvalue weighted by atomic mass is 127. The van der Waals surface area contributed by atoms with E-state index in [1.54, 1.807) is 9.12 Å². The third-order valence-electron chi connectivity index (χ3n) is 1.82. The van der Waals surface area contributed by atoms with Crippen molar-refractivity contribution in [3.05, 3.63) is 29.0 Å². The van der Waals surface area contributed by atoms with Crippen LogP contribution in [0.2, 0.25) is 5.15 Å². The van der Waals surface area contributed by atoms with E-state index in [1.165, 1.54) is 5.69 Å². The number of aryl methyl sites for hydroxylation is 1. The fraction of sp³-hybridized carbons (Fsp3) is 0.125. The van der Waals surface area contributed by atoms with Crippen molar-refractivity contribution in [1.29, 1.82) is 0 Å². The smallest absolute Gasteiger partial charge is 0.129 e. The number of hydrogen-bond donors (Lipinski definition) is 0. The second-order valence-electron chi connectivity index (χ2n) is 2.69. The van der Waals surface area contributed by atoms with Crippen molar-refractivity contribution in [3.8, 4) is 0 Å². The summed E-state index contributed by atoms with van der Waals surface area (Å²) in [5.74, 6) is 0. The van der Waals surface area contributed by atoms with Gasteiger partial charge in [0.05, 0.1) is 11.0 Å². The van der Waals surface area contributed by atoms with E-state index < -0.39 is 0 Å². The van der Waals surface area contributed by atoms with Crippen LogP contribution in [-0.4, -0.2) is 8.96 Å². The Morgan fingerprint density at radius 2 is 2.31 bits per heavy atom. The van der Waals surface area contributed by atoms with Gasteiger partial charge in [0.2, 0.25) is 0 Å². The Bertz CT molecular complexity index is 455. The van der Waals surface area contributed by atoms with Gasteiger partial charge in [0.25, 0.3) is 0 Å². The predicted molar refractivity (Wildman–Crippen MR) is 66.5 cm³/mol. The molecule has 0 aliphatic rings. The fourth-order valence-electron chi connectivity index (χ4n) is 1.26. The Morgan fingerprint density at radius 3 is 3.00 bits per heavy atom. The molecule has 2 heterocycles. The van der Waals surface area contributed by atoms with Crippen LogP contribution < -0.4 is 0 Å². The average Bonchev–Trinajstić information content (AvgIpc) is 2.39. The van der Waals surface area contributed by atoms with Crippen LogP contribution in [0.25, 0.3) is 11.0 Å². The summed E-state index contributed by atoms with van der Waals surface area (Å²) in [6.07, 6.45) is 0. The van der Waals surface area contributed by atoms with Crippen LogP contribution in [0.5, 0.6) is 0 Å². The number of aromatic nitrogens is 2. The van der Waals surface area contributed by atoms with Gasteiger partial charge in [0.1, 0.15) is 5.15 Å². The van der Waals surface area contributed by atoms with Gasteiger partial charge < -0.3 is 0 Å². The van der Waals surface area contributed by atoms with Gasteiger partial charge in [-0.15, -0.1) is 0 Å². The van der Waals surface area contributed by atoms with E-state index in [-0.39, 0.29) is 0 Å². The van der Waals surface area contributed by atoms with Crippen LogP contribution in [0, 0.1) is 6.92 Å². The van der Waals surface area contributed by atoms with Gasteiger partial charge in [-0.25, -0.2) is 4.98 Å². The van der Waals surface area contributed by atoms with Gasteiger partial charge in [0, 0.05) is 36.0 Å². The lowest BCUT2D eigenvalue weighted by molar-refractivity contribution is 1.23. The molecule has 0 bridgehead atoms. The highest BCUT2D eigenvalue weighted by Crippen LogP contribution is 2.27. The zero-order valence-corrected chi connectivity index (χ0v) is 10.5. The van der Waals surface area contributed by atoms with E-state index in [9.17, 15) is 0 Å². The molecule has 68 valence electrons. The van der Waals surface area contributed by atoms with Gasteiger partial charge >= 0.3 is 0 Å². The number of pyridine rings is 1. The normalized spacial score (nSPS) is 11.0. The van der Waals surface area contributed by atoms with Crippen molar-refractivity contribution in [3.63, 3.8) is 0 Å². The van der Waals surface area contributed by atoms with Crippen molar-refractivity contribution in [2.45, 2.75) is 6.92 Å². The SMILES string of the molecule is Cc1cc2nc(Cl)ccc2n1SI. The van der Waals surface area contributed by atoms with E-state index in [2.05, 4.69) is 37.1 Å². The maximum Gasteiger partial charge on any atom is 0.129 e. The molecule has 0 N–H and O–H groups in total. The summed E-state index contributed by atoms with van der Waals surface area (Å²) in [5, 5.41) is 0.545. The molecule has 0 spiro atoms. The topological polar surface area (TPSA) is 17.8 Å². The molecule has 0 aliphatic heterocycles. The lowest BCUT2D eigenvalue weighted by atomic mass is 10.4. The molecular formula is C8H6ClIN2S. The number of fused-ring (bicyclic) bond motifs is 1. The zero-order valence-electron chi connectivity index (χ0n) is 6.79. The van der Waals surface area contributed by atoms with Crippen LogP contribution >= 0.6 is 41.9 Å². The van der Waals surface area contributed by atoms with Gasteiger partial charge in [-0.1, -0.05) is 11.6 Å². The van der Waals surface area contributed by atoms with Gasteiger partial charge in [0.15, 0.2) is 0 Å². The summed E-state index contributed by atoms with van der Waals surface area (Å²) in [6, 6.07) is 5.84. The minimum Gasteiger partial charge on any atom is -0.278 e. The minimum absolute atomic E-state index is 0.545. The van der Waals surface area contributed by atoms with Crippen LogP contribution in [0.4, 0.5) is 0 Å². The average molecular weight is 325 g/mol. The summed E-state index contributed by atoms with van der Waals surface area (Å²) in [5.41, 5.74) is 3.25. The predicted octanol–water partition coefficient (Wildman–Crippen LogP) is 3.84. The first-order valence-corrected chi connectivity index (χ1v) is 7.35. The standard InChI is InChI=1S/C8H6ClIN2S/c1-5-4-6-7(12(5)13-10)2-3-8(9)11-6/h2-4H,1H3. The monoisotopic (exact) mass is 324 g/mol. The maximum absolute atomic E-state index is 5.79. The van der Waals surface area contributed by atoms with Crippen LogP contribution in [0.15, 0.2) is 18.2 Å². The third-order valence-corrected chi connectivity index (χ3v) is 3.84. The van der Waals surface area contributed by atoms with Crippen molar-refractivity contribution in [2.75, 3.05) is 0 Å². The Hall–Kier alpha value is 0.0600. The number of hydrogen-bond acceptors (Lipinski definition) is 2. The molecule has 0 aromatic carbocycles. The summed E-state index contributed by atoms with van der Waals surface area (Å²) in [6.45, 7) is 2.06. The second kappa shape index (κ2) is 3.67. The molecule has 0 atom stereocenters. The molecule has 2 nitrogen and oxygen atoms in total. The number of nitrogens with zero attached hydrogens (tertiary/aromatic N) is 2. The zero-order chi connectivity index (χ0) is 9.42. The molecule has 2 rings (SSSR count). The number of rotatable bonds is 1. The Morgan fingerprint density at radius 1 is 1.54 bits per heavy atom. The Kier molecular flexibility index (Phi) is 2.71. The Balaban J connectivity index is 2.79. The molecule has 0 fully saturated rings. The van der Waals surface area contributed by atoms with Crippen LogP contribution in [0.1, 0.15) is 5.69 Å². The fourth-order valence-corrected chi connectivity index (χ4v) is 3.37. The quantitative estimate of drug-likeness (QED) is 0.586. The van der Waals surface area contributed by atoms with Crippen LogP contribution in [-0.2, 0) is 0 Å². The summed E-state index contributed by atoms with van der Waals surface area (Å²) in [7, 11) is 1.64. The van der Waals surface area contributed by atoms with Gasteiger partial charge in [-0.05, 0) is 25.1 Å². The number of halogens is 2. The van der Waals surface area contributed by atoms with E-state index in [0.29, 0.717) is 5.15 Å². The second-order valence-corrected chi connectivity index (χ2v) is 4.76. The molecular weight excluding hydrogens is 319 g/mol. The molecule has 2 aromatic heterocycles. The summed E-state index contributed by atoms with van der Waals surface area (Å²) in [4.78, 5) is 4.23. The maximum atomic E-state index is 5.79. The first kappa shape index (κ1) is 9.61. The molecule has 0 saturated carbocycles. The molecule has 0 saturated heterocycles. The Labute approximate surface area is 97.4 Å². The first-order chi connectivity index (χ1) is 6.22. The molecule has 0 radical (unpaired) electrons. The van der Waals surface area contributed by atoms with Crippen molar-refractivity contribution >= 4 is 53.0 Å². The molecule has 5 heteroatoms. The van der Waals surface area contributed by atoms with Gasteiger partial charge in [-0.2, -0.15) is 0 Å². The van der Waals surface area contributed by atoms with Crippen molar-refractivity contribution < 1.29 is 0 Å². The largest absolute Gasteiger partial charge is 0.278 e. The minimum atomic E-state index is 0.545. The lowest BCUT2D eigenvalue weighted by Crippen LogP contribution is -1.84. The van der Waals surface area contributed by atoms with E-state index in [4.69, 9.17) is 11.6 Å². The molecule has 2 aromatic rings. The van der Waals surface area contributed by atoms with E-state index in [0.717, 1.165) is 11.0 Å². The van der Waals surface area contributed by atoms with Crippen molar-refractivity contribution in [2.24, 2.45) is 0 Å². The highest BCUT2D eigenvalue weighted by molar-refractivity contribution is 14.2. The van der Waals surface area contributed by atoms with E-state index in [1.807, 2.05) is 18.2 Å². The van der Waals surface area contributed by atoms with Gasteiger partial charge in [-0.3, -0.25) is 3.97 Å². The van der Waals surface area contributed by atoms with E-state index >= 15 is 0 Å². The molecule has 0 unspecified atom stereocenters. The van der Waals surface area contributed by atoms with Crippen molar-refractivity contribution in [1.82, 2.24) is 8.96 Å².